The SMILES string of the molecule is [2H]C([2H])([2H])NC(=O)c1nnc(Cl)cc1Nc1cccc(-c2ccc(P(C)(C)=O)cc2)c1OC. The van der Waals surface area contributed by atoms with Crippen molar-refractivity contribution in [3.8, 4) is 16.9 Å². The van der Waals surface area contributed by atoms with Crippen molar-refractivity contribution in [1.29, 1.82) is 0 Å². The Morgan fingerprint density at radius 2 is 1.87 bits per heavy atom. The smallest absolute Gasteiger partial charge is 0.273 e. The quantitative estimate of drug-likeness (QED) is 0.551. The lowest BCUT2D eigenvalue weighted by atomic mass is 10.0. The number of nitrogens with one attached hydrogen (secondary N) is 2. The first-order valence-electron chi connectivity index (χ1n) is 10.3. The standard InChI is InChI=1S/C21H22ClN4O3P/c1-23-21(27)19-17(12-18(22)25-26-19)24-16-7-5-6-15(20(16)29-2)13-8-10-14(11-9-13)30(3,4)28/h5-12H,1-4H3,(H,23,27)(H,24,25)/i1D3. The lowest BCUT2D eigenvalue weighted by molar-refractivity contribution is 0.0958. The summed E-state index contributed by atoms with van der Waals surface area (Å²) in [6.45, 7) is 0.725. The van der Waals surface area contributed by atoms with Crippen molar-refractivity contribution < 1.29 is 18.2 Å². The minimum atomic E-state index is -2.69. The number of halogens is 1. The van der Waals surface area contributed by atoms with Crippen LogP contribution in [-0.4, -0.2) is 43.5 Å². The second kappa shape index (κ2) is 8.86. The third-order valence-corrected chi connectivity index (χ3v) is 6.11. The first kappa shape index (κ1) is 17.9. The van der Waals surface area contributed by atoms with Gasteiger partial charge in [0.2, 0.25) is 0 Å². The van der Waals surface area contributed by atoms with Crippen molar-refractivity contribution >= 4 is 41.3 Å². The van der Waals surface area contributed by atoms with E-state index in [-0.39, 0.29) is 16.5 Å². The van der Waals surface area contributed by atoms with Gasteiger partial charge in [-0.1, -0.05) is 48.0 Å². The van der Waals surface area contributed by atoms with Crippen LogP contribution in [0.2, 0.25) is 5.15 Å². The molecule has 30 heavy (non-hydrogen) atoms. The summed E-state index contributed by atoms with van der Waals surface area (Å²) in [6, 6.07) is 14.1. The van der Waals surface area contributed by atoms with Gasteiger partial charge < -0.3 is 19.9 Å². The summed E-state index contributed by atoms with van der Waals surface area (Å²) >= 11 is 5.96. The highest BCUT2D eigenvalue weighted by molar-refractivity contribution is 7.70. The molecule has 1 amide bonds. The lowest BCUT2D eigenvalue weighted by Crippen LogP contribution is -2.21. The van der Waals surface area contributed by atoms with Crippen LogP contribution >= 0.6 is 18.7 Å². The molecule has 2 aromatic carbocycles. The molecule has 156 valence electrons. The second-order valence-electron chi connectivity index (χ2n) is 6.79. The van der Waals surface area contributed by atoms with Crippen LogP contribution in [0.4, 0.5) is 11.4 Å². The maximum atomic E-state index is 12.4. The fraction of sp³-hybridized carbons (Fsp3) is 0.190. The highest BCUT2D eigenvalue weighted by Gasteiger charge is 2.18. The maximum Gasteiger partial charge on any atom is 0.273 e. The number of anilines is 2. The van der Waals surface area contributed by atoms with Gasteiger partial charge in [0.1, 0.15) is 12.9 Å². The molecule has 1 aromatic heterocycles. The van der Waals surface area contributed by atoms with Crippen molar-refractivity contribution in [1.82, 2.24) is 15.5 Å². The third kappa shape index (κ3) is 4.64. The zero-order valence-electron chi connectivity index (χ0n) is 19.6. The number of benzene rings is 2. The summed E-state index contributed by atoms with van der Waals surface area (Å²) in [4.78, 5) is 12.4. The predicted molar refractivity (Wildman–Crippen MR) is 121 cm³/mol. The molecule has 0 aliphatic rings. The molecule has 3 rings (SSSR count). The molecule has 1 heterocycles. The van der Waals surface area contributed by atoms with Crippen LogP contribution in [0, 0.1) is 0 Å². The van der Waals surface area contributed by atoms with E-state index in [9.17, 15) is 9.36 Å². The van der Waals surface area contributed by atoms with Crippen LogP contribution in [0.5, 0.6) is 5.75 Å². The minimum absolute atomic E-state index is 0.0113. The summed E-state index contributed by atoms with van der Waals surface area (Å²) in [6.07, 6.45) is 0. The zero-order chi connectivity index (χ0) is 24.4. The van der Waals surface area contributed by atoms with Crippen molar-refractivity contribution in [2.45, 2.75) is 0 Å². The Hall–Kier alpha value is -2.89. The van der Waals surface area contributed by atoms with Gasteiger partial charge in [-0.25, -0.2) is 0 Å². The monoisotopic (exact) mass is 447 g/mol. The Bertz CT molecular complexity index is 1230. The molecule has 0 aliphatic heterocycles. The number of amides is 1. The van der Waals surface area contributed by atoms with E-state index in [2.05, 4.69) is 15.5 Å². The molecule has 9 heteroatoms. The van der Waals surface area contributed by atoms with Crippen LogP contribution in [0.3, 0.4) is 0 Å². The van der Waals surface area contributed by atoms with Crippen molar-refractivity contribution in [2.75, 3.05) is 32.7 Å². The normalized spacial score (nSPS) is 13.0. The molecule has 0 aliphatic carbocycles. The largest absolute Gasteiger partial charge is 0.494 e. The van der Waals surface area contributed by atoms with Crippen LogP contribution in [0.25, 0.3) is 11.1 Å². The molecule has 7 nitrogen and oxygen atoms in total. The first-order valence-corrected chi connectivity index (χ1v) is 11.8. The van der Waals surface area contributed by atoms with E-state index in [0.717, 1.165) is 16.4 Å². The van der Waals surface area contributed by atoms with Crippen LogP contribution in [-0.2, 0) is 4.57 Å². The molecule has 0 bridgehead atoms. The molecule has 0 unspecified atom stereocenters. The number of para-hydroxylation sites is 1. The minimum Gasteiger partial charge on any atom is -0.494 e. The van der Waals surface area contributed by atoms with Gasteiger partial charge in [0.05, 0.1) is 18.5 Å². The number of carbonyl (C=O) groups is 1. The number of ether oxygens (including phenoxy) is 1. The van der Waals surface area contributed by atoms with Crippen molar-refractivity contribution in [3.63, 3.8) is 0 Å². The van der Waals surface area contributed by atoms with E-state index >= 15 is 0 Å². The molecule has 3 aromatic rings. The Balaban J connectivity index is 2.02. The average Bonchev–Trinajstić information content (AvgIpc) is 2.72. The van der Waals surface area contributed by atoms with Crippen LogP contribution < -0.4 is 20.7 Å². The van der Waals surface area contributed by atoms with Crippen molar-refractivity contribution in [2.24, 2.45) is 0 Å². The molecule has 0 radical (unpaired) electrons. The van der Waals surface area contributed by atoms with E-state index in [1.165, 1.54) is 13.2 Å². The van der Waals surface area contributed by atoms with E-state index in [0.29, 0.717) is 11.4 Å². The summed E-state index contributed by atoms with van der Waals surface area (Å²) in [7, 11) is -0.881. The zero-order valence-corrected chi connectivity index (χ0v) is 18.2. The topological polar surface area (TPSA) is 93.2 Å². The number of aromatic nitrogens is 2. The van der Waals surface area contributed by atoms with Gasteiger partial charge in [-0.2, -0.15) is 0 Å². The fourth-order valence-corrected chi connectivity index (χ4v) is 3.93. The number of hydrogen-bond acceptors (Lipinski definition) is 6. The summed E-state index contributed by atoms with van der Waals surface area (Å²) in [5.41, 5.74) is 1.98. The number of hydrogen-bond donors (Lipinski definition) is 2. The van der Waals surface area contributed by atoms with Gasteiger partial charge in [0.15, 0.2) is 10.8 Å². The predicted octanol–water partition coefficient (Wildman–Crippen LogP) is 4.16. The highest BCUT2D eigenvalue weighted by Crippen LogP contribution is 2.40. The fourth-order valence-electron chi connectivity index (χ4n) is 2.92. The van der Waals surface area contributed by atoms with Gasteiger partial charge in [0, 0.05) is 28.0 Å². The molecule has 0 atom stereocenters. The van der Waals surface area contributed by atoms with Crippen LogP contribution in [0.15, 0.2) is 48.5 Å². The van der Waals surface area contributed by atoms with Crippen LogP contribution in [0.1, 0.15) is 14.6 Å². The van der Waals surface area contributed by atoms with Gasteiger partial charge in [-0.05, 0) is 25.0 Å². The van der Waals surface area contributed by atoms with E-state index in [4.69, 9.17) is 20.5 Å². The third-order valence-electron chi connectivity index (χ3n) is 4.38. The molecular formula is C21H22ClN4O3P. The van der Waals surface area contributed by atoms with Gasteiger partial charge in [0.25, 0.3) is 5.91 Å². The maximum absolute atomic E-state index is 12.4. The van der Waals surface area contributed by atoms with Gasteiger partial charge in [-0.3, -0.25) is 4.79 Å². The van der Waals surface area contributed by atoms with E-state index in [1.807, 2.05) is 35.6 Å². The molecular weight excluding hydrogens is 423 g/mol. The van der Waals surface area contributed by atoms with Crippen molar-refractivity contribution in [3.05, 3.63) is 59.4 Å². The summed E-state index contributed by atoms with van der Waals surface area (Å²) in [5.74, 6) is -0.465. The second-order valence-corrected chi connectivity index (χ2v) is 10.4. The lowest BCUT2D eigenvalue weighted by Gasteiger charge is -2.17. The van der Waals surface area contributed by atoms with Gasteiger partial charge >= 0.3 is 0 Å². The molecule has 0 saturated heterocycles. The average molecular weight is 448 g/mol. The highest BCUT2D eigenvalue weighted by atomic mass is 35.5. The molecule has 0 saturated carbocycles. The Morgan fingerprint density at radius 1 is 1.13 bits per heavy atom. The van der Waals surface area contributed by atoms with E-state index < -0.39 is 20.0 Å². The Kier molecular flexibility index (Phi) is 5.29. The van der Waals surface area contributed by atoms with Gasteiger partial charge in [-0.15, -0.1) is 10.2 Å². The first-order chi connectivity index (χ1) is 15.4. The number of methoxy groups -OCH3 is 1. The Labute approximate surface area is 184 Å². The number of carbonyl (C=O) groups excluding carboxylic acids is 1. The number of rotatable bonds is 6. The van der Waals surface area contributed by atoms with E-state index in [1.54, 1.807) is 25.5 Å². The molecule has 0 fully saturated rings. The summed E-state index contributed by atoms with van der Waals surface area (Å²) < 4.78 is 39.7. The Morgan fingerprint density at radius 3 is 2.50 bits per heavy atom. The molecule has 2 N–H and O–H groups in total. The molecule has 0 spiro atoms. The summed E-state index contributed by atoms with van der Waals surface area (Å²) in [5, 5.41) is 13.1. The number of nitrogens with zero attached hydrogens (tertiary/aromatic N) is 2.